The molecule has 0 amide bonds. The number of carbonyl (C=O) groups is 1. The van der Waals surface area contributed by atoms with Crippen LogP contribution in [-0.4, -0.2) is 18.3 Å². The molecule has 0 aromatic heterocycles. The van der Waals surface area contributed by atoms with Gasteiger partial charge in [0, 0.05) is 0 Å². The zero-order chi connectivity index (χ0) is 22.2. The van der Waals surface area contributed by atoms with Crippen LogP contribution >= 0.6 is 20.2 Å². The molecule has 0 fully saturated rings. The van der Waals surface area contributed by atoms with E-state index in [-0.39, 0.29) is 12.7 Å². The molecule has 0 atom stereocenters. The van der Waals surface area contributed by atoms with Crippen molar-refractivity contribution in [3.63, 3.8) is 0 Å². The number of benzene rings is 2. The molecule has 0 N–H and O–H groups in total. The first kappa shape index (κ1) is 22.3. The van der Waals surface area contributed by atoms with E-state index >= 15 is 0 Å². The van der Waals surface area contributed by atoms with Crippen LogP contribution in [0.3, 0.4) is 0 Å². The Morgan fingerprint density at radius 3 is 2.10 bits per heavy atom. The number of fused-ring (bicyclic) bond motifs is 1. The van der Waals surface area contributed by atoms with Crippen molar-refractivity contribution in [2.45, 2.75) is 18.0 Å². The summed E-state index contributed by atoms with van der Waals surface area (Å²) in [6.45, 7) is 3.44. The third-order valence-electron chi connectivity index (χ3n) is 4.11. The Kier molecular flexibility index (Phi) is 6.01. The van der Waals surface area contributed by atoms with E-state index in [1.807, 2.05) is 0 Å². The number of carbonyl (C=O) groups excluding carboxylic acids is 1. The molecular formula is C20H13F6IO3. The van der Waals surface area contributed by atoms with Crippen LogP contribution in [0.25, 0.3) is 0 Å². The molecule has 1 aliphatic rings. The Hall–Kier alpha value is -2.34. The van der Waals surface area contributed by atoms with Crippen LogP contribution in [-0.2, 0) is 13.4 Å². The van der Waals surface area contributed by atoms with Gasteiger partial charge in [-0.2, -0.15) is 0 Å². The summed E-state index contributed by atoms with van der Waals surface area (Å²) in [6.07, 6.45) is -9.64. The summed E-state index contributed by atoms with van der Waals surface area (Å²) in [7, 11) is 0. The number of halogens is 7. The number of hydrogen-bond donors (Lipinski definition) is 0. The Morgan fingerprint density at radius 2 is 1.53 bits per heavy atom. The van der Waals surface area contributed by atoms with Crippen molar-refractivity contribution in [3.05, 3.63) is 91.8 Å². The Labute approximate surface area is 174 Å². The van der Waals surface area contributed by atoms with Gasteiger partial charge in [-0.15, -0.1) is 0 Å². The van der Waals surface area contributed by atoms with Crippen LogP contribution in [0, 0.1) is 3.57 Å². The van der Waals surface area contributed by atoms with Crippen molar-refractivity contribution >= 4 is 26.2 Å². The van der Waals surface area contributed by atoms with Gasteiger partial charge in [0.2, 0.25) is 0 Å². The van der Waals surface area contributed by atoms with E-state index in [1.54, 1.807) is 18.2 Å². The van der Waals surface area contributed by atoms with Crippen molar-refractivity contribution < 1.29 is 38.9 Å². The quantitative estimate of drug-likeness (QED) is 0.145. The first-order valence-corrected chi connectivity index (χ1v) is 11.3. The van der Waals surface area contributed by atoms with Gasteiger partial charge >= 0.3 is 175 Å². The van der Waals surface area contributed by atoms with Gasteiger partial charge in [0.05, 0.1) is 0 Å². The fourth-order valence-corrected chi connectivity index (χ4v) is 7.66. The second-order valence-electron chi connectivity index (χ2n) is 5.96. The number of allylic oxidation sites excluding steroid dienone is 2. The minimum atomic E-state index is -5.75. The Balaban J connectivity index is 2.03. The van der Waals surface area contributed by atoms with Crippen LogP contribution in [0.5, 0.6) is 0 Å². The number of esters is 1. The summed E-state index contributed by atoms with van der Waals surface area (Å²) in [5.74, 6) is -0.823. The van der Waals surface area contributed by atoms with Gasteiger partial charge < -0.3 is 0 Å². The van der Waals surface area contributed by atoms with E-state index < -0.39 is 49.7 Å². The summed E-state index contributed by atoms with van der Waals surface area (Å²) in [5, 5.41) is 0. The average molecular weight is 542 g/mol. The van der Waals surface area contributed by atoms with Gasteiger partial charge in [-0.25, -0.2) is 0 Å². The fraction of sp³-hybridized carbons (Fsp3) is 0.150. The van der Waals surface area contributed by atoms with Gasteiger partial charge in [0.15, 0.2) is 0 Å². The van der Waals surface area contributed by atoms with E-state index in [0.29, 0.717) is 0 Å². The van der Waals surface area contributed by atoms with Crippen LogP contribution in [0.15, 0.2) is 77.1 Å². The first-order chi connectivity index (χ1) is 14.0. The van der Waals surface area contributed by atoms with Crippen molar-refractivity contribution in [2.75, 3.05) is 0 Å². The topological polar surface area (TPSA) is 35.5 Å². The molecule has 2 aromatic carbocycles. The van der Waals surface area contributed by atoms with Crippen molar-refractivity contribution in [2.24, 2.45) is 0 Å². The van der Waals surface area contributed by atoms with E-state index in [2.05, 4.69) is 6.58 Å². The van der Waals surface area contributed by atoms with Crippen molar-refractivity contribution in [1.29, 1.82) is 0 Å². The molecule has 0 radical (unpaired) electrons. The maximum atomic E-state index is 13.7. The monoisotopic (exact) mass is 542 g/mol. The van der Waals surface area contributed by atoms with Crippen LogP contribution in [0.2, 0.25) is 0 Å². The van der Waals surface area contributed by atoms with E-state index in [0.717, 1.165) is 30.5 Å². The molecule has 0 saturated carbocycles. The Bertz CT molecular complexity index is 968. The van der Waals surface area contributed by atoms with Crippen LogP contribution in [0.1, 0.15) is 15.9 Å². The fourth-order valence-electron chi connectivity index (χ4n) is 2.72. The minimum absolute atomic E-state index is 0.119. The molecule has 160 valence electrons. The van der Waals surface area contributed by atoms with Crippen LogP contribution < -0.4 is 0 Å². The standard InChI is InChI=1S/C20H13F6IO3/c1-2-14(12-29-17(28)13-8-4-3-5-9-13)27-16-11-7-6-10-15(16)18(30-27,19(21,22)23)20(24,25)26/h2-12H,1H2/b14-12+. The van der Waals surface area contributed by atoms with E-state index in [9.17, 15) is 31.1 Å². The molecule has 0 saturated heterocycles. The number of ether oxygens (including phenoxy) is 1. The number of rotatable bonds is 4. The molecule has 30 heavy (non-hydrogen) atoms. The summed E-state index contributed by atoms with van der Waals surface area (Å²) in [4.78, 5) is 12.1. The second-order valence-corrected chi connectivity index (χ2v) is 10.2. The van der Waals surface area contributed by atoms with E-state index in [4.69, 9.17) is 7.80 Å². The summed E-state index contributed by atoms with van der Waals surface area (Å²) in [5.41, 5.74) is -5.29. The summed E-state index contributed by atoms with van der Waals surface area (Å²) < 4.78 is 91.8. The third kappa shape index (κ3) is 3.73. The first-order valence-electron chi connectivity index (χ1n) is 8.24. The molecule has 10 heteroatoms. The predicted molar refractivity (Wildman–Crippen MR) is 104 cm³/mol. The van der Waals surface area contributed by atoms with Gasteiger partial charge in [-0.1, -0.05) is 0 Å². The van der Waals surface area contributed by atoms with Gasteiger partial charge in [-0.3, -0.25) is 0 Å². The molecule has 3 nitrogen and oxygen atoms in total. The molecule has 0 unspecified atom stereocenters. The number of hydrogen-bond acceptors (Lipinski definition) is 3. The predicted octanol–water partition coefficient (Wildman–Crippen LogP) is 6.51. The molecule has 0 aliphatic carbocycles. The third-order valence-corrected chi connectivity index (χ3v) is 9.03. The van der Waals surface area contributed by atoms with Gasteiger partial charge in [0.25, 0.3) is 0 Å². The van der Waals surface area contributed by atoms with Crippen molar-refractivity contribution in [1.82, 2.24) is 0 Å². The van der Waals surface area contributed by atoms with Gasteiger partial charge in [0.1, 0.15) is 0 Å². The molecule has 2 aromatic rings. The SMILES string of the molecule is C=C/C(=C\OC(=O)c1ccccc1)I1OC(C(F)(F)F)(C(F)(F)F)c2ccccc21. The van der Waals surface area contributed by atoms with E-state index in [1.165, 1.54) is 18.2 Å². The van der Waals surface area contributed by atoms with Gasteiger partial charge in [-0.05, 0) is 0 Å². The molecule has 1 heterocycles. The van der Waals surface area contributed by atoms with Crippen molar-refractivity contribution in [3.8, 4) is 0 Å². The van der Waals surface area contributed by atoms with Crippen LogP contribution in [0.4, 0.5) is 26.3 Å². The normalized spacial score (nSPS) is 17.4. The second kappa shape index (κ2) is 8.06. The molecule has 0 bridgehead atoms. The summed E-state index contributed by atoms with van der Waals surface area (Å²) >= 11 is -3.77. The molecule has 0 spiro atoms. The average Bonchev–Trinajstić information content (AvgIpc) is 3.06. The Morgan fingerprint density at radius 1 is 0.967 bits per heavy atom. The molecular weight excluding hydrogens is 529 g/mol. The zero-order valence-electron chi connectivity index (χ0n) is 14.9. The molecule has 3 rings (SSSR count). The zero-order valence-corrected chi connectivity index (χ0v) is 17.1. The molecule has 1 aliphatic heterocycles. The summed E-state index contributed by atoms with van der Waals surface area (Å²) in [6, 6.07) is 12.0. The number of alkyl halides is 6. The maximum absolute atomic E-state index is 13.7.